The third-order valence-electron chi connectivity index (χ3n) is 4.78. The highest BCUT2D eigenvalue weighted by Crippen LogP contribution is 2.33. The van der Waals surface area contributed by atoms with Crippen LogP contribution in [0.25, 0.3) is 0 Å². The maximum Gasteiger partial charge on any atom is 0.243 e. The maximum absolute atomic E-state index is 13.7. The number of rotatable bonds is 3. The molecule has 0 aliphatic carbocycles. The molecule has 1 aromatic heterocycles. The van der Waals surface area contributed by atoms with E-state index < -0.39 is 0 Å². The molecule has 0 radical (unpaired) electrons. The maximum atomic E-state index is 13.7. The number of anilines is 1. The number of carbonyl (C=O) groups excluding carboxylic acids is 1. The van der Waals surface area contributed by atoms with Gasteiger partial charge in [-0.2, -0.15) is 0 Å². The number of ether oxygens (including phenoxy) is 1. The Morgan fingerprint density at radius 1 is 1.36 bits per heavy atom. The molecule has 132 valence electrons. The highest BCUT2D eigenvalue weighted by molar-refractivity contribution is 7.13. The summed E-state index contributed by atoms with van der Waals surface area (Å²) in [6.07, 6.45) is 5.10. The number of thiazole rings is 1. The Balaban J connectivity index is 1.53. The molecular weight excluding hydrogens is 341 g/mol. The largest absolute Gasteiger partial charge is 0.493 e. The number of fused-ring (bicyclic) bond motifs is 1. The molecule has 0 spiro atoms. The van der Waals surface area contributed by atoms with Crippen LogP contribution in [0.15, 0.2) is 29.8 Å². The summed E-state index contributed by atoms with van der Waals surface area (Å²) < 4.78 is 19.4. The van der Waals surface area contributed by atoms with E-state index in [1.165, 1.54) is 12.1 Å². The molecule has 2 aliphatic rings. The van der Waals surface area contributed by atoms with Gasteiger partial charge in [0.1, 0.15) is 17.6 Å². The molecule has 5 nitrogen and oxygen atoms in total. The van der Waals surface area contributed by atoms with E-state index in [1.54, 1.807) is 23.6 Å². The molecule has 0 bridgehead atoms. The summed E-state index contributed by atoms with van der Waals surface area (Å²) in [4.78, 5) is 19.3. The van der Waals surface area contributed by atoms with Crippen molar-refractivity contribution in [1.29, 1.82) is 0 Å². The average Bonchev–Trinajstić information content (AvgIpc) is 3.26. The Labute approximate surface area is 149 Å². The van der Waals surface area contributed by atoms with Gasteiger partial charge in [0.2, 0.25) is 5.91 Å². The van der Waals surface area contributed by atoms with E-state index in [-0.39, 0.29) is 23.8 Å². The molecule has 1 aromatic carbocycles. The van der Waals surface area contributed by atoms with Crippen LogP contribution in [0.2, 0.25) is 0 Å². The molecule has 2 atom stereocenters. The second-order valence-corrected chi connectivity index (χ2v) is 7.27. The van der Waals surface area contributed by atoms with Gasteiger partial charge < -0.3 is 15.0 Å². The summed E-state index contributed by atoms with van der Waals surface area (Å²) in [5.74, 6) is 0.330. The first-order valence-electron chi connectivity index (χ1n) is 8.61. The molecule has 1 amide bonds. The van der Waals surface area contributed by atoms with E-state index in [0.29, 0.717) is 12.4 Å². The van der Waals surface area contributed by atoms with Crippen molar-refractivity contribution in [2.75, 3.05) is 18.1 Å². The van der Waals surface area contributed by atoms with E-state index in [2.05, 4.69) is 15.2 Å². The number of benzene rings is 1. The first-order chi connectivity index (χ1) is 12.2. The lowest BCUT2D eigenvalue weighted by Crippen LogP contribution is -2.44. The highest BCUT2D eigenvalue weighted by atomic mass is 32.1. The lowest BCUT2D eigenvalue weighted by molar-refractivity contribution is -0.123. The van der Waals surface area contributed by atoms with Gasteiger partial charge in [0, 0.05) is 23.7 Å². The number of hydrogen-bond donors (Lipinski definition) is 1. The van der Waals surface area contributed by atoms with Crippen LogP contribution < -0.4 is 15.0 Å². The Kier molecular flexibility index (Phi) is 4.57. The van der Waals surface area contributed by atoms with Crippen molar-refractivity contribution in [3.63, 3.8) is 0 Å². The minimum atomic E-state index is -0.311. The van der Waals surface area contributed by atoms with Crippen molar-refractivity contribution >= 4 is 22.4 Å². The predicted molar refractivity (Wildman–Crippen MR) is 94.5 cm³/mol. The first kappa shape index (κ1) is 16.3. The fourth-order valence-electron chi connectivity index (χ4n) is 3.59. The van der Waals surface area contributed by atoms with Crippen LogP contribution in [0.5, 0.6) is 5.75 Å². The predicted octanol–water partition coefficient (Wildman–Crippen LogP) is 3.28. The zero-order chi connectivity index (χ0) is 17.2. The van der Waals surface area contributed by atoms with Crippen LogP contribution in [-0.2, 0) is 4.79 Å². The molecule has 3 heterocycles. The average molecular weight is 361 g/mol. The van der Waals surface area contributed by atoms with Crippen molar-refractivity contribution in [1.82, 2.24) is 10.3 Å². The smallest absolute Gasteiger partial charge is 0.243 e. The van der Waals surface area contributed by atoms with Crippen molar-refractivity contribution in [3.8, 4) is 5.75 Å². The number of halogens is 1. The number of amides is 1. The van der Waals surface area contributed by atoms with Gasteiger partial charge in [-0.1, -0.05) is 0 Å². The van der Waals surface area contributed by atoms with Gasteiger partial charge in [-0.15, -0.1) is 11.3 Å². The number of hydrogen-bond acceptors (Lipinski definition) is 5. The zero-order valence-electron chi connectivity index (χ0n) is 13.8. The summed E-state index contributed by atoms with van der Waals surface area (Å²) in [7, 11) is 0. The summed E-state index contributed by atoms with van der Waals surface area (Å²) in [6.45, 7) is 1.42. The van der Waals surface area contributed by atoms with Crippen LogP contribution in [0, 0.1) is 5.82 Å². The summed E-state index contributed by atoms with van der Waals surface area (Å²) >= 11 is 1.55. The standard InChI is InChI=1S/C18H20FN3O2S/c19-12-5-6-16-13(11-12)14(3-2-9-24-16)21-17(23)15-4-1-8-22(15)18-20-7-10-25-18/h5-7,10-11,14-15H,1-4,8-9H2,(H,21,23). The van der Waals surface area contributed by atoms with Gasteiger partial charge in [-0.3, -0.25) is 4.79 Å². The Morgan fingerprint density at radius 3 is 3.12 bits per heavy atom. The van der Waals surface area contributed by atoms with Crippen molar-refractivity contribution in [3.05, 3.63) is 41.2 Å². The second kappa shape index (κ2) is 7.00. The Bertz CT molecular complexity index is 753. The molecule has 2 aliphatic heterocycles. The zero-order valence-corrected chi connectivity index (χ0v) is 14.6. The number of nitrogens with one attached hydrogen (secondary N) is 1. The van der Waals surface area contributed by atoms with Crippen molar-refractivity contribution in [2.24, 2.45) is 0 Å². The third-order valence-corrected chi connectivity index (χ3v) is 5.59. The molecule has 0 saturated carbocycles. The molecule has 2 unspecified atom stereocenters. The summed E-state index contributed by atoms with van der Waals surface area (Å²) in [5.41, 5.74) is 0.727. The van der Waals surface area contributed by atoms with Gasteiger partial charge in [0.05, 0.1) is 12.6 Å². The highest BCUT2D eigenvalue weighted by Gasteiger charge is 2.34. The topological polar surface area (TPSA) is 54.5 Å². The molecule has 25 heavy (non-hydrogen) atoms. The van der Waals surface area contributed by atoms with Crippen LogP contribution in [-0.4, -0.2) is 30.1 Å². The molecule has 2 aromatic rings. The van der Waals surface area contributed by atoms with Crippen LogP contribution >= 0.6 is 11.3 Å². The van der Waals surface area contributed by atoms with E-state index in [9.17, 15) is 9.18 Å². The second-order valence-electron chi connectivity index (χ2n) is 6.40. The summed E-state index contributed by atoms with van der Waals surface area (Å²) in [5, 5.41) is 5.93. The third kappa shape index (κ3) is 3.33. The number of nitrogens with zero attached hydrogens (tertiary/aromatic N) is 2. The monoisotopic (exact) mass is 361 g/mol. The van der Waals surface area contributed by atoms with Gasteiger partial charge in [-0.05, 0) is 43.9 Å². The number of aromatic nitrogens is 1. The lowest BCUT2D eigenvalue weighted by atomic mass is 10.0. The minimum Gasteiger partial charge on any atom is -0.493 e. The van der Waals surface area contributed by atoms with E-state index in [4.69, 9.17) is 4.74 Å². The van der Waals surface area contributed by atoms with Crippen LogP contribution in [0.4, 0.5) is 9.52 Å². The van der Waals surface area contributed by atoms with E-state index >= 15 is 0 Å². The number of carbonyl (C=O) groups is 1. The molecule has 4 rings (SSSR count). The van der Waals surface area contributed by atoms with E-state index in [0.717, 1.165) is 42.9 Å². The van der Waals surface area contributed by atoms with Gasteiger partial charge in [-0.25, -0.2) is 9.37 Å². The minimum absolute atomic E-state index is 0.0187. The Hall–Kier alpha value is -2.15. The molecule has 1 fully saturated rings. The summed E-state index contributed by atoms with van der Waals surface area (Å²) in [6, 6.07) is 4.07. The Morgan fingerprint density at radius 2 is 2.28 bits per heavy atom. The van der Waals surface area contributed by atoms with Crippen LogP contribution in [0.1, 0.15) is 37.3 Å². The first-order valence-corrected chi connectivity index (χ1v) is 9.49. The lowest BCUT2D eigenvalue weighted by Gasteiger charge is -2.26. The molecule has 1 N–H and O–H groups in total. The van der Waals surface area contributed by atoms with Crippen molar-refractivity contribution < 1.29 is 13.9 Å². The molecule has 7 heteroatoms. The van der Waals surface area contributed by atoms with Gasteiger partial charge in [0.25, 0.3) is 0 Å². The normalized spacial score (nSPS) is 22.8. The fourth-order valence-corrected chi connectivity index (χ4v) is 4.31. The quantitative estimate of drug-likeness (QED) is 0.912. The van der Waals surface area contributed by atoms with Gasteiger partial charge >= 0.3 is 0 Å². The van der Waals surface area contributed by atoms with Gasteiger partial charge in [0.15, 0.2) is 5.13 Å². The van der Waals surface area contributed by atoms with Crippen LogP contribution in [0.3, 0.4) is 0 Å². The van der Waals surface area contributed by atoms with Crippen molar-refractivity contribution in [2.45, 2.75) is 37.8 Å². The SMILES string of the molecule is O=C(NC1CCCOc2ccc(F)cc21)C1CCCN1c1nccs1. The molecular formula is C18H20FN3O2S. The fraction of sp³-hybridized carbons (Fsp3) is 0.444. The van der Waals surface area contributed by atoms with E-state index in [1.807, 2.05) is 5.38 Å². The molecule has 1 saturated heterocycles.